The molecule has 1 heterocycles. The van der Waals surface area contributed by atoms with Gasteiger partial charge in [-0.25, -0.2) is 0 Å². The van der Waals surface area contributed by atoms with Crippen molar-refractivity contribution in [3.05, 3.63) is 51.0 Å². The Morgan fingerprint density at radius 1 is 1.32 bits per heavy atom. The van der Waals surface area contributed by atoms with E-state index in [-0.39, 0.29) is 11.5 Å². The zero-order valence-electron chi connectivity index (χ0n) is 11.7. The zero-order chi connectivity index (χ0) is 14.2. The van der Waals surface area contributed by atoms with Crippen molar-refractivity contribution in [3.63, 3.8) is 0 Å². The average Bonchev–Trinajstić information content (AvgIpc) is 2.70. The van der Waals surface area contributed by atoms with E-state index in [1.807, 2.05) is 12.3 Å². The second-order valence-corrected chi connectivity index (χ2v) is 7.13. The van der Waals surface area contributed by atoms with Crippen molar-refractivity contribution in [3.8, 4) is 0 Å². The maximum absolute atomic E-state index is 5.45. The van der Waals surface area contributed by atoms with Crippen LogP contribution in [0.4, 0.5) is 0 Å². The molecule has 2 aromatic rings. The molecule has 0 saturated heterocycles. The van der Waals surface area contributed by atoms with E-state index in [0.717, 1.165) is 9.24 Å². The van der Waals surface area contributed by atoms with Crippen LogP contribution in [0.2, 0.25) is 0 Å². The molecule has 0 aliphatic rings. The Labute approximate surface area is 128 Å². The summed E-state index contributed by atoms with van der Waals surface area (Å²) in [5.74, 6) is 0. The van der Waals surface area contributed by atoms with Crippen LogP contribution in [0.5, 0.6) is 0 Å². The van der Waals surface area contributed by atoms with Crippen molar-refractivity contribution < 1.29 is 0 Å². The Bertz CT molecular complexity index is 634. The molecule has 1 unspecified atom stereocenters. The number of H-pyrrole nitrogens is 1. The van der Waals surface area contributed by atoms with Crippen molar-refractivity contribution in [2.45, 2.75) is 39.2 Å². The lowest BCUT2D eigenvalue weighted by Gasteiger charge is -2.25. The number of halogens is 1. The normalized spacial score (nSPS) is 13.5. The minimum Gasteiger partial charge on any atom is -0.337 e. The summed E-state index contributed by atoms with van der Waals surface area (Å²) in [5.41, 5.74) is 2.54. The van der Waals surface area contributed by atoms with E-state index < -0.39 is 0 Å². The molecule has 1 N–H and O–H groups in total. The molecule has 0 amide bonds. The van der Waals surface area contributed by atoms with E-state index in [0.29, 0.717) is 0 Å². The quantitative estimate of drug-likeness (QED) is 0.745. The predicted octanol–water partition coefficient (Wildman–Crippen LogP) is 5.21. The summed E-state index contributed by atoms with van der Waals surface area (Å²) >= 11 is 8.97. The molecular formula is C15H19BrN2S. The standard InChI is InChI=1S/C15H19BrN2S/c1-10(11-6-5-7-12(16)8-11)18-13(15(2,3)4)9-17-14(18)19/h5-10H,1-4H3,(H,17,19). The van der Waals surface area contributed by atoms with E-state index in [1.165, 1.54) is 11.3 Å². The molecule has 1 atom stereocenters. The van der Waals surface area contributed by atoms with Gasteiger partial charge < -0.3 is 9.55 Å². The second kappa shape index (κ2) is 5.25. The van der Waals surface area contributed by atoms with Gasteiger partial charge in [-0.3, -0.25) is 0 Å². The molecule has 0 fully saturated rings. The lowest BCUT2D eigenvalue weighted by molar-refractivity contribution is 0.495. The number of nitrogens with one attached hydrogen (secondary N) is 1. The molecular weight excluding hydrogens is 320 g/mol. The van der Waals surface area contributed by atoms with E-state index >= 15 is 0 Å². The van der Waals surface area contributed by atoms with Crippen LogP contribution in [0.25, 0.3) is 0 Å². The van der Waals surface area contributed by atoms with Crippen LogP contribution in [-0.2, 0) is 5.41 Å². The Balaban J connectivity index is 2.53. The highest BCUT2D eigenvalue weighted by molar-refractivity contribution is 9.10. The number of hydrogen-bond acceptors (Lipinski definition) is 1. The number of hydrogen-bond donors (Lipinski definition) is 1. The number of imidazole rings is 1. The first kappa shape index (κ1) is 14.5. The summed E-state index contributed by atoms with van der Waals surface area (Å²) in [4.78, 5) is 3.18. The third kappa shape index (κ3) is 3.00. The van der Waals surface area contributed by atoms with Crippen molar-refractivity contribution >= 4 is 28.1 Å². The lowest BCUT2D eigenvalue weighted by atomic mass is 9.92. The third-order valence-electron chi connectivity index (χ3n) is 3.30. The number of nitrogens with zero attached hydrogens (tertiary/aromatic N) is 1. The van der Waals surface area contributed by atoms with Crippen LogP contribution in [-0.4, -0.2) is 9.55 Å². The summed E-state index contributed by atoms with van der Waals surface area (Å²) in [6, 6.07) is 8.59. The van der Waals surface area contributed by atoms with E-state index in [9.17, 15) is 0 Å². The van der Waals surface area contributed by atoms with Gasteiger partial charge in [-0.05, 0) is 36.8 Å². The summed E-state index contributed by atoms with van der Waals surface area (Å²) in [6.07, 6.45) is 2.02. The molecule has 0 aliphatic heterocycles. The van der Waals surface area contributed by atoms with Crippen LogP contribution in [0.3, 0.4) is 0 Å². The highest BCUT2D eigenvalue weighted by Gasteiger charge is 2.22. The van der Waals surface area contributed by atoms with Crippen LogP contribution < -0.4 is 0 Å². The average molecular weight is 339 g/mol. The SMILES string of the molecule is CC(c1cccc(Br)c1)n1c(C(C)(C)C)c[nH]c1=S. The van der Waals surface area contributed by atoms with E-state index in [4.69, 9.17) is 12.2 Å². The van der Waals surface area contributed by atoms with Crippen LogP contribution in [0, 0.1) is 4.77 Å². The summed E-state index contributed by atoms with van der Waals surface area (Å²) in [5, 5.41) is 0. The third-order valence-corrected chi connectivity index (χ3v) is 4.11. The van der Waals surface area contributed by atoms with Gasteiger partial charge in [0, 0.05) is 21.8 Å². The summed E-state index contributed by atoms with van der Waals surface area (Å²) in [6.45, 7) is 8.79. The smallest absolute Gasteiger partial charge is 0.177 e. The van der Waals surface area contributed by atoms with Gasteiger partial charge in [-0.2, -0.15) is 0 Å². The molecule has 0 aliphatic carbocycles. The van der Waals surface area contributed by atoms with Crippen molar-refractivity contribution in [1.82, 2.24) is 9.55 Å². The van der Waals surface area contributed by atoms with Crippen molar-refractivity contribution in [1.29, 1.82) is 0 Å². The Kier molecular flexibility index (Phi) is 4.02. The monoisotopic (exact) mass is 338 g/mol. The van der Waals surface area contributed by atoms with Gasteiger partial charge in [0.2, 0.25) is 0 Å². The molecule has 0 spiro atoms. The molecule has 4 heteroatoms. The minimum atomic E-state index is 0.0633. The maximum Gasteiger partial charge on any atom is 0.177 e. The van der Waals surface area contributed by atoms with E-state index in [1.54, 1.807) is 0 Å². The first-order valence-corrected chi connectivity index (χ1v) is 7.56. The van der Waals surface area contributed by atoms with Gasteiger partial charge in [0.15, 0.2) is 4.77 Å². The summed E-state index contributed by atoms with van der Waals surface area (Å²) in [7, 11) is 0. The topological polar surface area (TPSA) is 20.7 Å². The Morgan fingerprint density at radius 3 is 2.58 bits per heavy atom. The van der Waals surface area contributed by atoms with Gasteiger partial charge in [0.25, 0.3) is 0 Å². The number of aromatic nitrogens is 2. The minimum absolute atomic E-state index is 0.0633. The van der Waals surface area contributed by atoms with Crippen LogP contribution in [0.15, 0.2) is 34.9 Å². The fraction of sp³-hybridized carbons (Fsp3) is 0.400. The highest BCUT2D eigenvalue weighted by Crippen LogP contribution is 2.29. The van der Waals surface area contributed by atoms with Gasteiger partial charge in [-0.1, -0.05) is 48.8 Å². The number of benzene rings is 1. The molecule has 102 valence electrons. The first-order valence-electron chi connectivity index (χ1n) is 6.36. The molecule has 19 heavy (non-hydrogen) atoms. The van der Waals surface area contributed by atoms with Crippen molar-refractivity contribution in [2.75, 3.05) is 0 Å². The Hall–Kier alpha value is -0.870. The molecule has 0 radical (unpaired) electrons. The van der Waals surface area contributed by atoms with E-state index in [2.05, 4.69) is 71.4 Å². The second-order valence-electron chi connectivity index (χ2n) is 5.83. The maximum atomic E-state index is 5.45. The van der Waals surface area contributed by atoms with Gasteiger partial charge >= 0.3 is 0 Å². The van der Waals surface area contributed by atoms with Gasteiger partial charge in [0.1, 0.15) is 0 Å². The first-order chi connectivity index (χ1) is 8.80. The molecule has 2 nitrogen and oxygen atoms in total. The van der Waals surface area contributed by atoms with Crippen LogP contribution in [0.1, 0.15) is 45.0 Å². The number of rotatable bonds is 2. The summed E-state index contributed by atoms with van der Waals surface area (Å²) < 4.78 is 4.07. The molecule has 2 rings (SSSR count). The Morgan fingerprint density at radius 2 is 2.00 bits per heavy atom. The van der Waals surface area contributed by atoms with Crippen LogP contribution >= 0.6 is 28.1 Å². The number of aromatic amines is 1. The molecule has 0 bridgehead atoms. The van der Waals surface area contributed by atoms with Gasteiger partial charge in [-0.15, -0.1) is 0 Å². The highest BCUT2D eigenvalue weighted by atomic mass is 79.9. The predicted molar refractivity (Wildman–Crippen MR) is 86.3 cm³/mol. The fourth-order valence-electron chi connectivity index (χ4n) is 2.26. The van der Waals surface area contributed by atoms with Crippen molar-refractivity contribution in [2.24, 2.45) is 0 Å². The molecule has 1 aromatic carbocycles. The molecule has 0 saturated carbocycles. The lowest BCUT2D eigenvalue weighted by Crippen LogP contribution is -2.20. The largest absolute Gasteiger partial charge is 0.337 e. The molecule has 1 aromatic heterocycles. The fourth-order valence-corrected chi connectivity index (χ4v) is 2.99. The van der Waals surface area contributed by atoms with Gasteiger partial charge in [0.05, 0.1) is 6.04 Å². The zero-order valence-corrected chi connectivity index (χ0v) is 14.1.